The molecule has 18 heavy (non-hydrogen) atoms. The first-order valence-electron chi connectivity index (χ1n) is 4.29. The maximum atomic E-state index is 12.6. The van der Waals surface area contributed by atoms with Crippen LogP contribution in [0.3, 0.4) is 0 Å². The van der Waals surface area contributed by atoms with Crippen LogP contribution in [0.1, 0.15) is 5.56 Å². The molecule has 0 fully saturated rings. The first-order valence-corrected chi connectivity index (χ1v) is 6.90. The molecular weight excluding hydrogens is 361 g/mol. The van der Waals surface area contributed by atoms with Gasteiger partial charge in [0, 0.05) is 4.47 Å². The molecule has 0 spiro atoms. The summed E-state index contributed by atoms with van der Waals surface area (Å²) in [4.78, 5) is -0.575. The van der Waals surface area contributed by atoms with Crippen molar-refractivity contribution in [3.05, 3.63) is 22.2 Å². The molecule has 1 aliphatic rings. The molecule has 98 valence electrons. The summed E-state index contributed by atoms with van der Waals surface area (Å²) in [7, 11) is -4.23. The maximum absolute atomic E-state index is 12.6. The summed E-state index contributed by atoms with van der Waals surface area (Å²) in [5, 5.41) is 1.96. The van der Waals surface area contributed by atoms with E-state index in [1.807, 2.05) is 0 Å². The SMILES string of the molecule is O=S1(=O)N=C(Cl)Nc2c(Br)cc(C(F)(F)F)cc21. The smallest absolute Gasteiger partial charge is 0.328 e. The Bertz CT molecular complexity index is 657. The minimum absolute atomic E-state index is 0.0658. The summed E-state index contributed by atoms with van der Waals surface area (Å²) in [5.74, 6) is 0. The molecule has 10 heteroatoms. The summed E-state index contributed by atoms with van der Waals surface area (Å²) in [5.41, 5.74) is -1.16. The molecule has 0 saturated carbocycles. The lowest BCUT2D eigenvalue weighted by atomic mass is 10.2. The maximum Gasteiger partial charge on any atom is 0.416 e. The Morgan fingerprint density at radius 3 is 2.50 bits per heavy atom. The van der Waals surface area contributed by atoms with Crippen LogP contribution < -0.4 is 5.32 Å². The van der Waals surface area contributed by atoms with Crippen LogP contribution in [0.2, 0.25) is 0 Å². The standard InChI is InChI=1S/C8H3BrClF3N2O2S/c9-4-1-3(8(11,12)13)2-5-6(4)14-7(10)15-18(5,16)17/h1-2H,(H,14,15). The van der Waals surface area contributed by atoms with E-state index in [9.17, 15) is 21.6 Å². The fourth-order valence-electron chi connectivity index (χ4n) is 1.35. The fourth-order valence-corrected chi connectivity index (χ4v) is 3.46. The molecule has 0 aliphatic carbocycles. The van der Waals surface area contributed by atoms with Crippen molar-refractivity contribution in [3.8, 4) is 0 Å². The van der Waals surface area contributed by atoms with E-state index < -0.39 is 32.0 Å². The Hall–Kier alpha value is -0.800. The second-order valence-corrected chi connectivity index (χ2v) is 6.10. The van der Waals surface area contributed by atoms with Gasteiger partial charge in [-0.15, -0.1) is 4.40 Å². The van der Waals surface area contributed by atoms with Gasteiger partial charge < -0.3 is 5.32 Å². The normalized spacial score (nSPS) is 17.7. The molecule has 1 N–H and O–H groups in total. The summed E-state index contributed by atoms with van der Waals surface area (Å²) in [6, 6.07) is 1.27. The Labute approximate surface area is 113 Å². The van der Waals surface area contributed by atoms with Gasteiger partial charge in [-0.25, -0.2) is 0 Å². The number of fused-ring (bicyclic) bond motifs is 1. The average molecular weight is 364 g/mol. The van der Waals surface area contributed by atoms with Crippen LogP contribution in [0.4, 0.5) is 18.9 Å². The van der Waals surface area contributed by atoms with Crippen molar-refractivity contribution in [2.24, 2.45) is 4.40 Å². The number of nitrogens with zero attached hydrogens (tertiary/aromatic N) is 1. The molecule has 0 radical (unpaired) electrons. The van der Waals surface area contributed by atoms with Crippen molar-refractivity contribution < 1.29 is 21.6 Å². The van der Waals surface area contributed by atoms with E-state index >= 15 is 0 Å². The lowest BCUT2D eigenvalue weighted by Crippen LogP contribution is -2.19. The van der Waals surface area contributed by atoms with Crippen LogP contribution in [0.5, 0.6) is 0 Å². The van der Waals surface area contributed by atoms with Crippen molar-refractivity contribution in [1.29, 1.82) is 0 Å². The number of hydrogen-bond acceptors (Lipinski definition) is 3. The van der Waals surface area contributed by atoms with Gasteiger partial charge in [0.15, 0.2) is 0 Å². The first-order chi connectivity index (χ1) is 8.11. The highest BCUT2D eigenvalue weighted by Gasteiger charge is 2.35. The van der Waals surface area contributed by atoms with Crippen molar-refractivity contribution in [3.63, 3.8) is 0 Å². The number of nitrogens with one attached hydrogen (secondary N) is 1. The topological polar surface area (TPSA) is 58.5 Å². The summed E-state index contributed by atoms with van der Waals surface area (Å²) in [6.07, 6.45) is -4.65. The van der Waals surface area contributed by atoms with E-state index in [2.05, 4.69) is 25.6 Å². The molecule has 4 nitrogen and oxygen atoms in total. The van der Waals surface area contributed by atoms with E-state index in [0.29, 0.717) is 6.07 Å². The molecule has 0 unspecified atom stereocenters. The predicted molar refractivity (Wildman–Crippen MR) is 63.2 cm³/mol. The quantitative estimate of drug-likeness (QED) is 0.720. The number of alkyl halides is 3. The van der Waals surface area contributed by atoms with Gasteiger partial charge >= 0.3 is 6.18 Å². The van der Waals surface area contributed by atoms with Gasteiger partial charge in [-0.2, -0.15) is 21.6 Å². The van der Waals surface area contributed by atoms with E-state index in [-0.39, 0.29) is 10.2 Å². The Balaban J connectivity index is 2.75. The second kappa shape index (κ2) is 4.10. The van der Waals surface area contributed by atoms with Crippen LogP contribution in [0, 0.1) is 0 Å². The molecular formula is C8H3BrClF3N2O2S. The second-order valence-electron chi connectivity index (χ2n) is 3.31. The Kier molecular flexibility index (Phi) is 3.11. The van der Waals surface area contributed by atoms with Crippen LogP contribution in [0.15, 0.2) is 25.9 Å². The molecule has 1 aromatic carbocycles. The van der Waals surface area contributed by atoms with Gasteiger partial charge in [-0.3, -0.25) is 0 Å². The molecule has 0 aromatic heterocycles. The minimum Gasteiger partial charge on any atom is -0.328 e. The highest BCUT2D eigenvalue weighted by Crippen LogP contribution is 2.40. The summed E-state index contributed by atoms with van der Waals surface area (Å²) >= 11 is 8.31. The molecule has 2 rings (SSSR count). The van der Waals surface area contributed by atoms with E-state index in [0.717, 1.165) is 6.07 Å². The van der Waals surface area contributed by atoms with Crippen molar-refractivity contribution in [2.75, 3.05) is 5.32 Å². The zero-order valence-electron chi connectivity index (χ0n) is 8.22. The highest BCUT2D eigenvalue weighted by atomic mass is 79.9. The molecule has 0 amide bonds. The van der Waals surface area contributed by atoms with Crippen LogP contribution in [0.25, 0.3) is 0 Å². The molecule has 0 bridgehead atoms. The zero-order chi connectivity index (χ0) is 13.7. The lowest BCUT2D eigenvalue weighted by Gasteiger charge is -2.18. The third-order valence-electron chi connectivity index (χ3n) is 2.09. The molecule has 0 atom stereocenters. The summed E-state index contributed by atoms with van der Waals surface area (Å²) < 4.78 is 63.9. The average Bonchev–Trinajstić information content (AvgIpc) is 2.16. The largest absolute Gasteiger partial charge is 0.416 e. The molecule has 1 aliphatic heterocycles. The van der Waals surface area contributed by atoms with Gasteiger partial charge in [0.05, 0.1) is 11.3 Å². The minimum atomic E-state index is -4.65. The van der Waals surface area contributed by atoms with Crippen molar-refractivity contribution in [1.82, 2.24) is 0 Å². The molecule has 1 heterocycles. The Morgan fingerprint density at radius 1 is 1.33 bits per heavy atom. The number of anilines is 1. The third-order valence-corrected chi connectivity index (χ3v) is 4.29. The number of hydrogen-bond donors (Lipinski definition) is 1. The van der Waals surface area contributed by atoms with Crippen molar-refractivity contribution >= 4 is 48.5 Å². The molecule has 1 aromatic rings. The zero-order valence-corrected chi connectivity index (χ0v) is 11.4. The number of halogens is 5. The predicted octanol–water partition coefficient (Wildman–Crippen LogP) is 3.18. The number of rotatable bonds is 0. The highest BCUT2D eigenvalue weighted by molar-refractivity contribution is 9.10. The third kappa shape index (κ3) is 2.34. The monoisotopic (exact) mass is 362 g/mol. The number of amidine groups is 1. The van der Waals surface area contributed by atoms with Crippen LogP contribution in [-0.4, -0.2) is 13.7 Å². The van der Waals surface area contributed by atoms with E-state index in [1.54, 1.807) is 0 Å². The number of sulfonamides is 1. The van der Waals surface area contributed by atoms with Crippen LogP contribution in [-0.2, 0) is 16.2 Å². The summed E-state index contributed by atoms with van der Waals surface area (Å²) in [6.45, 7) is 0. The van der Waals surface area contributed by atoms with Gasteiger partial charge in [-0.1, -0.05) is 0 Å². The Morgan fingerprint density at radius 2 is 1.94 bits per heavy atom. The van der Waals surface area contributed by atoms with Gasteiger partial charge in [-0.05, 0) is 39.7 Å². The lowest BCUT2D eigenvalue weighted by molar-refractivity contribution is -0.137. The van der Waals surface area contributed by atoms with Crippen molar-refractivity contribution in [2.45, 2.75) is 11.1 Å². The van der Waals surface area contributed by atoms with Gasteiger partial charge in [0.25, 0.3) is 10.0 Å². The van der Waals surface area contributed by atoms with E-state index in [4.69, 9.17) is 11.6 Å². The van der Waals surface area contributed by atoms with Gasteiger partial charge in [0.1, 0.15) is 4.90 Å². The number of benzene rings is 1. The first kappa shape index (κ1) is 13.6. The van der Waals surface area contributed by atoms with Crippen LogP contribution >= 0.6 is 27.5 Å². The van der Waals surface area contributed by atoms with E-state index in [1.165, 1.54) is 0 Å². The van der Waals surface area contributed by atoms with Gasteiger partial charge in [0.2, 0.25) is 5.29 Å². The molecule has 0 saturated heterocycles. The fraction of sp³-hybridized carbons (Fsp3) is 0.125.